The number of ether oxygens (including phenoxy) is 1. The number of carbonyl (C=O) groups is 2. The molecule has 3 aromatic rings. The first kappa shape index (κ1) is 22.3. The number of anilines is 1. The normalized spacial score (nSPS) is 14.1. The van der Waals surface area contributed by atoms with Crippen molar-refractivity contribution in [3.8, 4) is 17.6 Å². The second kappa shape index (κ2) is 9.32. The molecule has 0 atom stereocenters. The van der Waals surface area contributed by atoms with Crippen LogP contribution in [0.15, 0.2) is 66.2 Å². The first-order chi connectivity index (χ1) is 15.9. The van der Waals surface area contributed by atoms with Crippen LogP contribution in [0.1, 0.15) is 27.0 Å². The van der Waals surface area contributed by atoms with E-state index in [1.165, 1.54) is 29.2 Å². The van der Waals surface area contributed by atoms with Gasteiger partial charge in [-0.05, 0) is 59.7 Å². The molecule has 0 aromatic heterocycles. The summed E-state index contributed by atoms with van der Waals surface area (Å²) in [6.07, 6.45) is 1.97. The second-order valence-corrected chi connectivity index (χ2v) is 7.89. The molecular formula is C27H19ClFNO3. The molecule has 1 heterocycles. The van der Waals surface area contributed by atoms with Gasteiger partial charge in [-0.3, -0.25) is 9.59 Å². The summed E-state index contributed by atoms with van der Waals surface area (Å²) in [6, 6.07) is 16.9. The minimum absolute atomic E-state index is 0.0176. The number of nitrogens with zero attached hydrogens (tertiary/aromatic N) is 1. The lowest BCUT2D eigenvalue weighted by Crippen LogP contribution is -2.36. The SMILES string of the molecule is COc1ccc(CC#Cc2ccc3c(c2)C(=O)C(=Cc2ccc(F)c(Cl)c2)C(=O)N3C)cc1. The van der Waals surface area contributed by atoms with Crippen molar-refractivity contribution < 1.29 is 18.7 Å². The van der Waals surface area contributed by atoms with E-state index in [9.17, 15) is 14.0 Å². The van der Waals surface area contributed by atoms with Crippen LogP contribution in [0.3, 0.4) is 0 Å². The molecule has 3 aromatic carbocycles. The van der Waals surface area contributed by atoms with Crippen LogP contribution in [-0.2, 0) is 11.2 Å². The summed E-state index contributed by atoms with van der Waals surface area (Å²) >= 11 is 5.84. The Balaban J connectivity index is 1.62. The first-order valence-electron chi connectivity index (χ1n) is 10.1. The Morgan fingerprint density at radius 1 is 1.06 bits per heavy atom. The molecule has 0 unspecified atom stereocenters. The van der Waals surface area contributed by atoms with Crippen LogP contribution in [0, 0.1) is 17.7 Å². The van der Waals surface area contributed by atoms with Crippen LogP contribution in [0.2, 0.25) is 5.02 Å². The predicted octanol–water partition coefficient (Wildman–Crippen LogP) is 5.32. The minimum atomic E-state index is -0.569. The van der Waals surface area contributed by atoms with Crippen molar-refractivity contribution in [1.82, 2.24) is 0 Å². The summed E-state index contributed by atoms with van der Waals surface area (Å²) in [4.78, 5) is 27.4. The van der Waals surface area contributed by atoms with Crippen molar-refractivity contribution in [3.63, 3.8) is 0 Å². The Morgan fingerprint density at radius 2 is 1.82 bits per heavy atom. The van der Waals surface area contributed by atoms with Crippen LogP contribution in [0.5, 0.6) is 5.75 Å². The highest BCUT2D eigenvalue weighted by atomic mass is 35.5. The molecule has 1 amide bonds. The number of amides is 1. The van der Waals surface area contributed by atoms with Crippen LogP contribution >= 0.6 is 11.6 Å². The van der Waals surface area contributed by atoms with Gasteiger partial charge in [0.15, 0.2) is 0 Å². The third-order valence-corrected chi connectivity index (χ3v) is 5.61. The number of hydrogen-bond acceptors (Lipinski definition) is 3. The monoisotopic (exact) mass is 459 g/mol. The fourth-order valence-corrected chi connectivity index (χ4v) is 3.70. The maximum Gasteiger partial charge on any atom is 0.262 e. The van der Waals surface area contributed by atoms with Crippen molar-refractivity contribution in [3.05, 3.63) is 99.3 Å². The molecule has 0 N–H and O–H groups in total. The van der Waals surface area contributed by atoms with E-state index in [4.69, 9.17) is 16.3 Å². The molecule has 0 radical (unpaired) electrons. The van der Waals surface area contributed by atoms with Gasteiger partial charge in [0.1, 0.15) is 11.6 Å². The van der Waals surface area contributed by atoms with E-state index in [1.54, 1.807) is 32.4 Å². The number of halogens is 2. The summed E-state index contributed by atoms with van der Waals surface area (Å²) in [6.45, 7) is 0. The van der Waals surface area contributed by atoms with Crippen LogP contribution in [0.4, 0.5) is 10.1 Å². The van der Waals surface area contributed by atoms with E-state index in [-0.39, 0.29) is 10.6 Å². The molecule has 1 aliphatic heterocycles. The fraction of sp³-hybridized carbons (Fsp3) is 0.111. The molecule has 0 aliphatic carbocycles. The van der Waals surface area contributed by atoms with Crippen LogP contribution < -0.4 is 9.64 Å². The van der Waals surface area contributed by atoms with Gasteiger partial charge in [-0.1, -0.05) is 41.6 Å². The van der Waals surface area contributed by atoms with Crippen LogP contribution in [0.25, 0.3) is 6.08 Å². The average molecular weight is 460 g/mol. The van der Waals surface area contributed by atoms with Gasteiger partial charge < -0.3 is 9.64 Å². The Kier molecular flexibility index (Phi) is 6.30. The van der Waals surface area contributed by atoms with E-state index in [1.807, 2.05) is 24.3 Å². The number of fused-ring (bicyclic) bond motifs is 1. The zero-order chi connectivity index (χ0) is 23.5. The summed E-state index contributed by atoms with van der Waals surface area (Å²) in [7, 11) is 3.22. The molecule has 164 valence electrons. The predicted molar refractivity (Wildman–Crippen MR) is 127 cm³/mol. The number of Topliss-reactive ketones (excluding diaryl/α,β-unsaturated/α-hetero) is 1. The standard InChI is InChI=1S/C27H19ClFNO3/c1-30-25-13-9-18(5-3-4-17-6-10-20(33-2)11-7-17)14-21(25)26(31)22(27(30)32)15-19-8-12-24(29)23(28)16-19/h6-16H,4H2,1-2H3. The van der Waals surface area contributed by atoms with Crippen molar-refractivity contribution >= 4 is 35.1 Å². The maximum atomic E-state index is 13.5. The summed E-state index contributed by atoms with van der Waals surface area (Å²) in [5.74, 6) is 5.56. The zero-order valence-electron chi connectivity index (χ0n) is 18.0. The van der Waals surface area contributed by atoms with Crippen molar-refractivity contribution in [2.75, 3.05) is 19.1 Å². The Morgan fingerprint density at radius 3 is 2.52 bits per heavy atom. The van der Waals surface area contributed by atoms with Crippen LogP contribution in [-0.4, -0.2) is 25.8 Å². The minimum Gasteiger partial charge on any atom is -0.497 e. The van der Waals surface area contributed by atoms with Crippen molar-refractivity contribution in [2.45, 2.75) is 6.42 Å². The molecule has 0 bridgehead atoms. The summed E-state index contributed by atoms with van der Waals surface area (Å²) in [5.41, 5.74) is 3.06. The van der Waals surface area contributed by atoms with E-state index < -0.39 is 17.5 Å². The molecule has 6 heteroatoms. The number of benzene rings is 3. The molecule has 0 spiro atoms. The van der Waals surface area contributed by atoms with E-state index in [0.29, 0.717) is 28.8 Å². The third-order valence-electron chi connectivity index (χ3n) is 5.32. The lowest BCUT2D eigenvalue weighted by molar-refractivity contribution is -0.114. The smallest absolute Gasteiger partial charge is 0.262 e. The highest BCUT2D eigenvalue weighted by Gasteiger charge is 2.32. The van der Waals surface area contributed by atoms with Crippen molar-refractivity contribution in [2.24, 2.45) is 0 Å². The van der Waals surface area contributed by atoms with Gasteiger partial charge in [-0.2, -0.15) is 0 Å². The highest BCUT2D eigenvalue weighted by molar-refractivity contribution is 6.36. The van der Waals surface area contributed by atoms with Gasteiger partial charge in [0.25, 0.3) is 5.91 Å². The molecule has 4 rings (SSSR count). The van der Waals surface area contributed by atoms with Gasteiger partial charge in [0.2, 0.25) is 5.78 Å². The number of rotatable bonds is 3. The van der Waals surface area contributed by atoms with Gasteiger partial charge in [-0.25, -0.2) is 4.39 Å². The molecule has 0 fully saturated rings. The first-order valence-corrected chi connectivity index (χ1v) is 10.5. The number of likely N-dealkylation sites (N-methyl/N-ethyl adjacent to an activating group) is 1. The quantitative estimate of drug-likeness (QED) is 0.302. The lowest BCUT2D eigenvalue weighted by Gasteiger charge is -2.26. The van der Waals surface area contributed by atoms with Gasteiger partial charge in [0, 0.05) is 24.6 Å². The maximum absolute atomic E-state index is 13.5. The van der Waals surface area contributed by atoms with E-state index in [2.05, 4.69) is 11.8 Å². The van der Waals surface area contributed by atoms with E-state index >= 15 is 0 Å². The van der Waals surface area contributed by atoms with Crippen molar-refractivity contribution in [1.29, 1.82) is 0 Å². The third kappa shape index (κ3) is 4.67. The number of methoxy groups -OCH3 is 1. The Labute approximate surface area is 196 Å². The average Bonchev–Trinajstić information content (AvgIpc) is 2.83. The highest BCUT2D eigenvalue weighted by Crippen LogP contribution is 2.31. The summed E-state index contributed by atoms with van der Waals surface area (Å²) < 4.78 is 18.6. The fourth-order valence-electron chi connectivity index (χ4n) is 3.51. The molecule has 4 nitrogen and oxygen atoms in total. The number of ketones is 1. The molecule has 1 aliphatic rings. The Hall–Kier alpha value is -3.88. The topological polar surface area (TPSA) is 46.6 Å². The molecular weight excluding hydrogens is 441 g/mol. The zero-order valence-corrected chi connectivity index (χ0v) is 18.7. The largest absolute Gasteiger partial charge is 0.497 e. The second-order valence-electron chi connectivity index (χ2n) is 7.48. The lowest BCUT2D eigenvalue weighted by atomic mass is 9.92. The van der Waals surface area contributed by atoms with Gasteiger partial charge in [-0.15, -0.1) is 0 Å². The number of hydrogen-bond donors (Lipinski definition) is 0. The molecule has 33 heavy (non-hydrogen) atoms. The Bertz CT molecular complexity index is 1350. The molecule has 0 saturated heterocycles. The van der Waals surface area contributed by atoms with Gasteiger partial charge in [0.05, 0.1) is 23.4 Å². The number of carbonyl (C=O) groups excluding carboxylic acids is 2. The van der Waals surface area contributed by atoms with E-state index in [0.717, 1.165) is 11.3 Å². The van der Waals surface area contributed by atoms with Gasteiger partial charge >= 0.3 is 0 Å². The summed E-state index contributed by atoms with van der Waals surface area (Å²) in [5, 5.41) is -0.0803. The molecule has 0 saturated carbocycles.